The van der Waals surface area contributed by atoms with E-state index in [0.29, 0.717) is 22.6 Å². The van der Waals surface area contributed by atoms with Crippen molar-refractivity contribution in [1.29, 1.82) is 0 Å². The Morgan fingerprint density at radius 1 is 0.861 bits per heavy atom. The van der Waals surface area contributed by atoms with E-state index in [4.69, 9.17) is 0 Å². The molecule has 5 aromatic rings. The number of nitrogens with zero attached hydrogens (tertiary/aromatic N) is 2. The maximum atomic E-state index is 14.4. The Morgan fingerprint density at radius 2 is 1.64 bits per heavy atom. The van der Waals surface area contributed by atoms with E-state index in [0.717, 1.165) is 35.1 Å². The Kier molecular flexibility index (Phi) is 5.65. The summed E-state index contributed by atoms with van der Waals surface area (Å²) in [5, 5.41) is 13.3. The van der Waals surface area contributed by atoms with Crippen molar-refractivity contribution in [3.05, 3.63) is 117 Å². The lowest BCUT2D eigenvalue weighted by atomic mass is 9.73. The molecule has 0 spiro atoms. The van der Waals surface area contributed by atoms with E-state index in [1.807, 2.05) is 42.5 Å². The van der Waals surface area contributed by atoms with Crippen LogP contribution in [-0.2, 0) is 0 Å². The summed E-state index contributed by atoms with van der Waals surface area (Å²) in [5.41, 5.74) is 6.94. The van der Waals surface area contributed by atoms with Crippen LogP contribution in [0.2, 0.25) is 0 Å². The second kappa shape index (κ2) is 9.26. The molecular formula is C29H24FN5O. The second-order valence-electron chi connectivity index (χ2n) is 9.08. The summed E-state index contributed by atoms with van der Waals surface area (Å²) in [6, 6.07) is 24.6. The normalized spacial score (nSPS) is 14.8. The van der Waals surface area contributed by atoms with Crippen molar-refractivity contribution in [2.24, 2.45) is 5.92 Å². The molecule has 1 fully saturated rings. The molecule has 0 amide bonds. The van der Waals surface area contributed by atoms with Crippen molar-refractivity contribution in [3.8, 4) is 0 Å². The van der Waals surface area contributed by atoms with Crippen LogP contribution in [0, 0.1) is 11.9 Å². The lowest BCUT2D eigenvalue weighted by Crippen LogP contribution is -2.15. The Bertz CT molecular complexity index is 1640. The molecule has 2 aromatic heterocycles. The summed E-state index contributed by atoms with van der Waals surface area (Å²) in [5.74, 6) is 0.424. The van der Waals surface area contributed by atoms with Gasteiger partial charge in [-0.05, 0) is 70.4 Å². The van der Waals surface area contributed by atoms with Crippen LogP contribution in [0.25, 0.3) is 34.2 Å². The molecule has 0 unspecified atom stereocenters. The van der Waals surface area contributed by atoms with Gasteiger partial charge < -0.3 is 0 Å². The summed E-state index contributed by atoms with van der Waals surface area (Å²) < 4.78 is 14.4. The standard InChI is InChI=1S/C29H24FN5O/c30-28-23-17-22(14-15-24(23)32-34-28)27(26(20-7-4-8-20)19-5-2-1-3-6-19)21-12-9-18(10-13-21)11-16-25-31-29(36)35-33-25/h1-3,5-6,9-17,20H,4,7-8H2,(H,32,34)(H2,31,33,35,36). The SMILES string of the molecule is O=c1[nH]nc(C=Cc2ccc(C(=C(c3ccccc3)C3CCC3)c3ccc4[nH]nc(F)c4c3)cc2)[nH]1. The number of fused-ring (bicyclic) bond motifs is 1. The predicted octanol–water partition coefficient (Wildman–Crippen LogP) is 6.04. The van der Waals surface area contributed by atoms with E-state index >= 15 is 0 Å². The number of nitrogens with one attached hydrogen (secondary N) is 3. The maximum Gasteiger partial charge on any atom is 0.340 e. The maximum absolute atomic E-state index is 14.4. The second-order valence-corrected chi connectivity index (χ2v) is 9.08. The molecule has 3 aromatic carbocycles. The summed E-state index contributed by atoms with van der Waals surface area (Å²) in [7, 11) is 0. The largest absolute Gasteiger partial charge is 0.340 e. The molecule has 1 aliphatic carbocycles. The number of allylic oxidation sites excluding steroid dienone is 1. The molecule has 3 N–H and O–H groups in total. The molecule has 178 valence electrons. The molecule has 1 aliphatic rings. The molecular weight excluding hydrogens is 453 g/mol. The third-order valence-corrected chi connectivity index (χ3v) is 6.83. The minimum absolute atomic E-state index is 0.338. The summed E-state index contributed by atoms with van der Waals surface area (Å²) in [6.07, 6.45) is 7.14. The average molecular weight is 478 g/mol. The molecule has 0 aliphatic heterocycles. The predicted molar refractivity (Wildman–Crippen MR) is 140 cm³/mol. The van der Waals surface area contributed by atoms with Gasteiger partial charge in [0.1, 0.15) is 0 Å². The first-order chi connectivity index (χ1) is 17.7. The van der Waals surface area contributed by atoms with Crippen molar-refractivity contribution in [3.63, 3.8) is 0 Å². The molecule has 0 radical (unpaired) electrons. The number of hydrogen-bond donors (Lipinski definition) is 3. The number of benzene rings is 3. The minimum Gasteiger partial charge on any atom is -0.289 e. The van der Waals surface area contributed by atoms with Crippen LogP contribution in [0.4, 0.5) is 4.39 Å². The Balaban J connectivity index is 1.50. The fraction of sp³-hybridized carbons (Fsp3) is 0.138. The van der Waals surface area contributed by atoms with Gasteiger partial charge in [0.05, 0.1) is 10.9 Å². The zero-order valence-corrected chi connectivity index (χ0v) is 19.5. The van der Waals surface area contributed by atoms with E-state index in [2.05, 4.69) is 61.8 Å². The highest BCUT2D eigenvalue weighted by Gasteiger charge is 2.27. The molecule has 0 saturated heterocycles. The van der Waals surface area contributed by atoms with Crippen LogP contribution in [0.5, 0.6) is 0 Å². The van der Waals surface area contributed by atoms with Crippen LogP contribution < -0.4 is 5.69 Å². The molecule has 1 saturated carbocycles. The van der Waals surface area contributed by atoms with Gasteiger partial charge in [0.15, 0.2) is 5.82 Å². The fourth-order valence-electron chi connectivity index (χ4n) is 4.81. The number of H-pyrrole nitrogens is 3. The fourth-order valence-corrected chi connectivity index (χ4v) is 4.81. The first-order valence-electron chi connectivity index (χ1n) is 12.0. The van der Waals surface area contributed by atoms with Gasteiger partial charge in [-0.1, -0.05) is 73.2 Å². The van der Waals surface area contributed by atoms with Crippen molar-refractivity contribution in [1.82, 2.24) is 25.4 Å². The summed E-state index contributed by atoms with van der Waals surface area (Å²) in [4.78, 5) is 13.9. The van der Waals surface area contributed by atoms with E-state index < -0.39 is 5.95 Å². The number of aromatic amines is 3. The van der Waals surface area contributed by atoms with E-state index in [1.165, 1.54) is 17.6 Å². The van der Waals surface area contributed by atoms with Crippen LogP contribution in [-0.4, -0.2) is 25.4 Å². The van der Waals surface area contributed by atoms with Crippen molar-refractivity contribution >= 4 is 34.2 Å². The molecule has 36 heavy (non-hydrogen) atoms. The summed E-state index contributed by atoms with van der Waals surface area (Å²) in [6.45, 7) is 0. The van der Waals surface area contributed by atoms with Crippen LogP contribution in [0.15, 0.2) is 77.6 Å². The van der Waals surface area contributed by atoms with Gasteiger partial charge in [0.2, 0.25) is 5.95 Å². The highest BCUT2D eigenvalue weighted by molar-refractivity contribution is 6.01. The topological polar surface area (TPSA) is 90.2 Å². The van der Waals surface area contributed by atoms with E-state index in [1.54, 1.807) is 6.08 Å². The van der Waals surface area contributed by atoms with Gasteiger partial charge in [-0.3, -0.25) is 10.1 Å². The smallest absolute Gasteiger partial charge is 0.289 e. The number of aromatic nitrogens is 5. The Hall–Kier alpha value is -4.52. The van der Waals surface area contributed by atoms with Crippen LogP contribution >= 0.6 is 0 Å². The zero-order valence-electron chi connectivity index (χ0n) is 19.5. The Labute approximate surface area is 206 Å². The van der Waals surface area contributed by atoms with E-state index in [9.17, 15) is 9.18 Å². The molecule has 0 bridgehead atoms. The van der Waals surface area contributed by atoms with Crippen LogP contribution in [0.3, 0.4) is 0 Å². The molecule has 6 nitrogen and oxygen atoms in total. The molecule has 6 rings (SSSR count). The minimum atomic E-state index is -0.493. The van der Waals surface area contributed by atoms with Gasteiger partial charge in [-0.15, -0.1) is 5.10 Å². The number of hydrogen-bond acceptors (Lipinski definition) is 3. The van der Waals surface area contributed by atoms with Gasteiger partial charge >= 0.3 is 5.69 Å². The molecule has 7 heteroatoms. The Morgan fingerprint density at radius 3 is 2.33 bits per heavy atom. The van der Waals surface area contributed by atoms with Gasteiger partial charge in [-0.2, -0.15) is 9.49 Å². The third kappa shape index (κ3) is 4.20. The molecule has 2 heterocycles. The molecule has 0 atom stereocenters. The van der Waals surface area contributed by atoms with Gasteiger partial charge in [0.25, 0.3) is 0 Å². The van der Waals surface area contributed by atoms with Gasteiger partial charge in [-0.25, -0.2) is 9.89 Å². The highest BCUT2D eigenvalue weighted by Crippen LogP contribution is 2.45. The average Bonchev–Trinajstić information content (AvgIpc) is 3.47. The highest BCUT2D eigenvalue weighted by atomic mass is 19.1. The zero-order chi connectivity index (χ0) is 24.5. The van der Waals surface area contributed by atoms with Crippen LogP contribution in [0.1, 0.15) is 47.3 Å². The lowest BCUT2D eigenvalue weighted by Gasteiger charge is -2.31. The quantitative estimate of drug-likeness (QED) is 0.260. The van der Waals surface area contributed by atoms with Gasteiger partial charge in [0, 0.05) is 0 Å². The van der Waals surface area contributed by atoms with Crippen molar-refractivity contribution in [2.45, 2.75) is 19.3 Å². The first kappa shape index (κ1) is 22.0. The number of rotatable bonds is 6. The third-order valence-electron chi connectivity index (χ3n) is 6.83. The number of halogens is 1. The summed E-state index contributed by atoms with van der Waals surface area (Å²) >= 11 is 0. The lowest BCUT2D eigenvalue weighted by molar-refractivity contribution is 0.401. The van der Waals surface area contributed by atoms with Crippen molar-refractivity contribution < 1.29 is 4.39 Å². The van der Waals surface area contributed by atoms with E-state index in [-0.39, 0.29) is 5.69 Å². The first-order valence-corrected chi connectivity index (χ1v) is 12.0. The monoisotopic (exact) mass is 477 g/mol. The van der Waals surface area contributed by atoms with Crippen molar-refractivity contribution in [2.75, 3.05) is 0 Å².